The summed E-state index contributed by atoms with van der Waals surface area (Å²) >= 11 is 0. The number of hydrogen-bond donors (Lipinski definition) is 0. The molecule has 0 saturated heterocycles. The molecule has 1 unspecified atom stereocenters. The lowest BCUT2D eigenvalue weighted by Crippen LogP contribution is -2.27. The van der Waals surface area contributed by atoms with E-state index in [1.165, 1.54) is 4.57 Å². The van der Waals surface area contributed by atoms with Crippen LogP contribution in [-0.2, 0) is 10.8 Å². The SMILES string of the molecule is C=C(C)S(=O)c1ccc2c(ccc[n+]2C#N)c1. The summed E-state index contributed by atoms with van der Waals surface area (Å²) in [6, 6.07) is 9.07. The van der Waals surface area contributed by atoms with Gasteiger partial charge in [0, 0.05) is 15.2 Å². The standard InChI is InChI=1S/C13H11N2OS/c1-10(2)17(16)12-5-6-13-11(8-12)4-3-7-15(13)9-14/h3-8H,1H2,2H3/q+1. The number of aromatic nitrogens is 1. The summed E-state index contributed by atoms with van der Waals surface area (Å²) in [5.74, 6) is 0. The molecule has 0 aliphatic heterocycles. The van der Waals surface area contributed by atoms with Gasteiger partial charge < -0.3 is 0 Å². The molecule has 0 bridgehead atoms. The number of hydrogen-bond acceptors (Lipinski definition) is 2. The van der Waals surface area contributed by atoms with Crippen LogP contribution >= 0.6 is 0 Å². The minimum absolute atomic E-state index is 0.619. The van der Waals surface area contributed by atoms with E-state index in [9.17, 15) is 4.21 Å². The minimum atomic E-state index is -1.19. The van der Waals surface area contributed by atoms with E-state index >= 15 is 0 Å². The molecule has 1 atom stereocenters. The van der Waals surface area contributed by atoms with Gasteiger partial charge in [0.15, 0.2) is 5.26 Å². The quantitative estimate of drug-likeness (QED) is 0.758. The summed E-state index contributed by atoms with van der Waals surface area (Å²) in [4.78, 5) is 1.33. The molecule has 0 spiro atoms. The second-order valence-electron chi connectivity index (χ2n) is 3.67. The Morgan fingerprint density at radius 2 is 2.24 bits per heavy atom. The highest BCUT2D eigenvalue weighted by atomic mass is 32.2. The van der Waals surface area contributed by atoms with Crippen molar-refractivity contribution in [1.82, 2.24) is 0 Å². The maximum atomic E-state index is 11.9. The molecule has 4 heteroatoms. The lowest BCUT2D eigenvalue weighted by atomic mass is 10.2. The Morgan fingerprint density at radius 1 is 1.47 bits per heavy atom. The average molecular weight is 243 g/mol. The van der Waals surface area contributed by atoms with Crippen molar-refractivity contribution in [2.24, 2.45) is 0 Å². The second-order valence-corrected chi connectivity index (χ2v) is 5.38. The van der Waals surface area contributed by atoms with Crippen LogP contribution in [0.2, 0.25) is 0 Å². The Hall–Kier alpha value is -1.99. The third-order valence-electron chi connectivity index (χ3n) is 2.41. The van der Waals surface area contributed by atoms with Crippen LogP contribution in [0.4, 0.5) is 0 Å². The Bertz CT molecular complexity index is 671. The molecule has 2 rings (SSSR count). The largest absolute Gasteiger partial charge is 0.464 e. The number of allylic oxidation sites excluding steroid dienone is 1. The van der Waals surface area contributed by atoms with Gasteiger partial charge in [-0.1, -0.05) is 6.58 Å². The summed E-state index contributed by atoms with van der Waals surface area (Å²) in [6.45, 7) is 5.42. The van der Waals surface area contributed by atoms with Crippen molar-refractivity contribution < 1.29 is 8.78 Å². The Labute approximate surface area is 102 Å². The fourth-order valence-electron chi connectivity index (χ4n) is 1.60. The van der Waals surface area contributed by atoms with E-state index in [2.05, 4.69) is 12.8 Å². The van der Waals surface area contributed by atoms with Gasteiger partial charge >= 0.3 is 6.19 Å². The van der Waals surface area contributed by atoms with Gasteiger partial charge in [-0.2, -0.15) is 0 Å². The third kappa shape index (κ3) is 2.10. The van der Waals surface area contributed by atoms with Gasteiger partial charge in [-0.05, 0) is 37.3 Å². The van der Waals surface area contributed by atoms with Gasteiger partial charge in [0.25, 0.3) is 0 Å². The van der Waals surface area contributed by atoms with Crippen LogP contribution in [-0.4, -0.2) is 4.21 Å². The average Bonchev–Trinajstić information content (AvgIpc) is 2.36. The molecule has 2 aromatic rings. The van der Waals surface area contributed by atoms with Crippen LogP contribution in [0.25, 0.3) is 10.9 Å². The zero-order valence-electron chi connectivity index (χ0n) is 9.38. The number of pyridine rings is 1. The highest BCUT2D eigenvalue weighted by Crippen LogP contribution is 2.18. The molecule has 0 N–H and O–H groups in total. The third-order valence-corrected chi connectivity index (χ3v) is 3.72. The highest BCUT2D eigenvalue weighted by Gasteiger charge is 2.09. The molecular weight excluding hydrogens is 232 g/mol. The molecule has 84 valence electrons. The number of benzene rings is 1. The molecule has 17 heavy (non-hydrogen) atoms. The molecule has 0 radical (unpaired) electrons. The highest BCUT2D eigenvalue weighted by molar-refractivity contribution is 7.89. The van der Waals surface area contributed by atoms with E-state index in [-0.39, 0.29) is 0 Å². The van der Waals surface area contributed by atoms with Crippen molar-refractivity contribution in [3.8, 4) is 6.19 Å². The maximum Gasteiger partial charge on any atom is 0.464 e. The lowest BCUT2D eigenvalue weighted by molar-refractivity contribution is -0.557. The Balaban J connectivity index is 2.65. The van der Waals surface area contributed by atoms with Crippen molar-refractivity contribution in [3.63, 3.8) is 0 Å². The monoisotopic (exact) mass is 243 g/mol. The van der Waals surface area contributed by atoms with Gasteiger partial charge in [0.1, 0.15) is 11.7 Å². The number of nitriles is 1. The van der Waals surface area contributed by atoms with Crippen LogP contribution < -0.4 is 4.57 Å². The first-order chi connectivity index (χ1) is 8.13. The number of fused-ring (bicyclic) bond motifs is 1. The summed E-state index contributed by atoms with van der Waals surface area (Å²) in [5.41, 5.74) is 0.803. The summed E-state index contributed by atoms with van der Waals surface area (Å²) < 4.78 is 13.4. The first-order valence-corrected chi connectivity index (χ1v) is 6.20. The van der Waals surface area contributed by atoms with Gasteiger partial charge in [0.05, 0.1) is 10.8 Å². The molecular formula is C13H11N2OS+. The topological polar surface area (TPSA) is 44.7 Å². The fraction of sp³-hybridized carbons (Fsp3) is 0.0769. The van der Waals surface area contributed by atoms with Crippen LogP contribution in [0.3, 0.4) is 0 Å². The lowest BCUT2D eigenvalue weighted by Gasteiger charge is -2.02. The van der Waals surface area contributed by atoms with Crippen LogP contribution in [0.1, 0.15) is 6.92 Å². The zero-order chi connectivity index (χ0) is 12.4. The van der Waals surface area contributed by atoms with Crippen molar-refractivity contribution in [3.05, 3.63) is 48.0 Å². The van der Waals surface area contributed by atoms with Crippen LogP contribution in [0.5, 0.6) is 0 Å². The summed E-state index contributed by atoms with van der Waals surface area (Å²) in [7, 11) is -1.19. The van der Waals surface area contributed by atoms with Gasteiger partial charge in [-0.3, -0.25) is 0 Å². The zero-order valence-corrected chi connectivity index (χ0v) is 10.2. The van der Waals surface area contributed by atoms with E-state index in [0.29, 0.717) is 9.80 Å². The molecule has 0 fully saturated rings. The number of rotatable bonds is 2. The summed E-state index contributed by atoms with van der Waals surface area (Å²) in [6.07, 6.45) is 3.76. The van der Waals surface area contributed by atoms with Crippen molar-refractivity contribution >= 4 is 21.7 Å². The maximum absolute atomic E-state index is 11.9. The smallest absolute Gasteiger partial charge is 0.249 e. The van der Waals surface area contributed by atoms with Crippen LogP contribution in [0, 0.1) is 11.5 Å². The molecule has 1 heterocycles. The second kappa shape index (κ2) is 4.48. The predicted molar refractivity (Wildman–Crippen MR) is 66.4 cm³/mol. The van der Waals surface area contributed by atoms with Crippen LogP contribution in [0.15, 0.2) is 52.9 Å². The van der Waals surface area contributed by atoms with E-state index in [0.717, 1.165) is 10.9 Å². The van der Waals surface area contributed by atoms with Gasteiger partial charge in [0.2, 0.25) is 0 Å². The molecule has 0 amide bonds. The van der Waals surface area contributed by atoms with Crippen molar-refractivity contribution in [1.29, 1.82) is 5.26 Å². The van der Waals surface area contributed by atoms with Crippen molar-refractivity contribution in [2.45, 2.75) is 11.8 Å². The first kappa shape index (κ1) is 11.5. The molecule has 1 aromatic carbocycles. The van der Waals surface area contributed by atoms with E-state index in [1.54, 1.807) is 31.3 Å². The molecule has 1 aromatic heterocycles. The first-order valence-electron chi connectivity index (χ1n) is 5.05. The van der Waals surface area contributed by atoms with E-state index in [1.807, 2.05) is 12.1 Å². The molecule has 0 aliphatic carbocycles. The molecule has 0 saturated carbocycles. The van der Waals surface area contributed by atoms with Crippen molar-refractivity contribution in [2.75, 3.05) is 0 Å². The predicted octanol–water partition coefficient (Wildman–Crippen LogP) is 2.10. The molecule has 0 aliphatic rings. The van der Waals surface area contributed by atoms with Gasteiger partial charge in [-0.25, -0.2) is 4.21 Å². The fourth-order valence-corrected chi connectivity index (χ4v) is 2.43. The number of nitrogens with zero attached hydrogens (tertiary/aromatic N) is 2. The normalized spacial score (nSPS) is 12.0. The van der Waals surface area contributed by atoms with Gasteiger partial charge in [-0.15, -0.1) is 4.57 Å². The summed E-state index contributed by atoms with van der Waals surface area (Å²) in [5, 5.41) is 9.83. The Kier molecular flexibility index (Phi) is 3.03. The molecule has 3 nitrogen and oxygen atoms in total. The Morgan fingerprint density at radius 3 is 2.88 bits per heavy atom. The minimum Gasteiger partial charge on any atom is -0.249 e. The van der Waals surface area contributed by atoms with E-state index in [4.69, 9.17) is 5.26 Å². The van der Waals surface area contributed by atoms with E-state index < -0.39 is 10.8 Å².